The second-order valence-electron chi connectivity index (χ2n) is 3.54. The van der Waals surface area contributed by atoms with Crippen LogP contribution in [-0.4, -0.2) is 19.0 Å². The molecule has 4 heteroatoms. The van der Waals surface area contributed by atoms with Crippen LogP contribution in [-0.2, 0) is 4.79 Å². The summed E-state index contributed by atoms with van der Waals surface area (Å²) in [6.07, 6.45) is 0.393. The normalized spacial score (nSPS) is 9.94. The van der Waals surface area contributed by atoms with Crippen LogP contribution in [0.3, 0.4) is 0 Å². The van der Waals surface area contributed by atoms with Gasteiger partial charge in [0.1, 0.15) is 5.82 Å². The molecular weight excluding hydrogens is 207 g/mol. The van der Waals surface area contributed by atoms with Gasteiger partial charge in [-0.3, -0.25) is 4.79 Å². The van der Waals surface area contributed by atoms with Crippen LogP contribution in [0, 0.1) is 12.7 Å². The highest BCUT2D eigenvalue weighted by Gasteiger charge is 2.03. The maximum atomic E-state index is 13.2. The number of amides is 1. The molecular formula is C12H17FN2O. The van der Waals surface area contributed by atoms with Crippen LogP contribution in [0.2, 0.25) is 0 Å². The molecule has 0 aliphatic rings. The Morgan fingerprint density at radius 1 is 1.44 bits per heavy atom. The molecule has 1 rings (SSSR count). The molecule has 0 unspecified atom stereocenters. The summed E-state index contributed by atoms with van der Waals surface area (Å²) in [6.45, 7) is 4.74. The van der Waals surface area contributed by atoms with E-state index in [1.807, 2.05) is 6.92 Å². The number of rotatable bonds is 5. The molecule has 0 heterocycles. The molecule has 1 aromatic carbocycles. The number of halogens is 1. The van der Waals surface area contributed by atoms with Crippen molar-refractivity contribution < 1.29 is 9.18 Å². The van der Waals surface area contributed by atoms with E-state index in [9.17, 15) is 9.18 Å². The lowest BCUT2D eigenvalue weighted by Gasteiger charge is -2.09. The van der Waals surface area contributed by atoms with Crippen LogP contribution >= 0.6 is 0 Å². The fourth-order valence-electron chi connectivity index (χ4n) is 1.40. The highest BCUT2D eigenvalue weighted by Crippen LogP contribution is 2.16. The fraction of sp³-hybridized carbons (Fsp3) is 0.417. The summed E-state index contributed by atoms with van der Waals surface area (Å²) in [5, 5.41) is 5.75. The smallest absolute Gasteiger partial charge is 0.221 e. The quantitative estimate of drug-likeness (QED) is 0.804. The SMILES string of the molecule is CCNC(=O)CCNc1cccc(F)c1C. The first-order valence-corrected chi connectivity index (χ1v) is 5.40. The molecule has 0 saturated carbocycles. The van der Waals surface area contributed by atoms with Gasteiger partial charge in [-0.25, -0.2) is 4.39 Å². The Morgan fingerprint density at radius 2 is 2.19 bits per heavy atom. The van der Waals surface area contributed by atoms with Crippen LogP contribution in [0.5, 0.6) is 0 Å². The zero-order chi connectivity index (χ0) is 12.0. The van der Waals surface area contributed by atoms with Crippen molar-refractivity contribution in [3.05, 3.63) is 29.6 Å². The molecule has 0 spiro atoms. The average molecular weight is 224 g/mol. The Morgan fingerprint density at radius 3 is 2.88 bits per heavy atom. The van der Waals surface area contributed by atoms with Gasteiger partial charge in [-0.1, -0.05) is 6.07 Å². The minimum Gasteiger partial charge on any atom is -0.384 e. The van der Waals surface area contributed by atoms with E-state index in [0.717, 1.165) is 5.69 Å². The molecule has 88 valence electrons. The summed E-state index contributed by atoms with van der Waals surface area (Å²) in [7, 11) is 0. The van der Waals surface area contributed by atoms with Crippen molar-refractivity contribution in [3.63, 3.8) is 0 Å². The topological polar surface area (TPSA) is 41.1 Å². The van der Waals surface area contributed by atoms with Crippen molar-refractivity contribution in [1.29, 1.82) is 0 Å². The number of hydrogen-bond acceptors (Lipinski definition) is 2. The van der Waals surface area contributed by atoms with E-state index in [-0.39, 0.29) is 11.7 Å². The number of carbonyl (C=O) groups is 1. The van der Waals surface area contributed by atoms with Gasteiger partial charge in [0.15, 0.2) is 0 Å². The number of nitrogens with one attached hydrogen (secondary N) is 2. The summed E-state index contributed by atoms with van der Waals surface area (Å²) in [5.41, 5.74) is 1.32. The van der Waals surface area contributed by atoms with Gasteiger partial charge in [0.05, 0.1) is 0 Å². The Balaban J connectivity index is 2.43. The van der Waals surface area contributed by atoms with Crippen LogP contribution in [0.1, 0.15) is 18.9 Å². The molecule has 0 atom stereocenters. The number of benzene rings is 1. The van der Waals surface area contributed by atoms with Crippen molar-refractivity contribution in [1.82, 2.24) is 5.32 Å². The second kappa shape index (κ2) is 6.10. The van der Waals surface area contributed by atoms with Crippen molar-refractivity contribution >= 4 is 11.6 Å². The first-order valence-electron chi connectivity index (χ1n) is 5.40. The second-order valence-corrected chi connectivity index (χ2v) is 3.54. The van der Waals surface area contributed by atoms with Crippen molar-refractivity contribution in [2.45, 2.75) is 20.3 Å². The minimum atomic E-state index is -0.233. The Labute approximate surface area is 95.0 Å². The molecule has 0 aliphatic heterocycles. The van der Waals surface area contributed by atoms with Crippen molar-refractivity contribution in [2.24, 2.45) is 0 Å². The number of hydrogen-bond donors (Lipinski definition) is 2. The molecule has 0 aliphatic carbocycles. The third-order valence-corrected chi connectivity index (χ3v) is 2.31. The van der Waals surface area contributed by atoms with E-state index in [1.165, 1.54) is 6.07 Å². The van der Waals surface area contributed by atoms with E-state index >= 15 is 0 Å². The maximum Gasteiger partial charge on any atom is 0.221 e. The fourth-order valence-corrected chi connectivity index (χ4v) is 1.40. The molecule has 0 radical (unpaired) electrons. The first-order chi connectivity index (χ1) is 7.65. The third kappa shape index (κ3) is 3.53. The Hall–Kier alpha value is -1.58. The van der Waals surface area contributed by atoms with E-state index in [1.54, 1.807) is 19.1 Å². The monoisotopic (exact) mass is 224 g/mol. The molecule has 0 saturated heterocycles. The molecule has 1 amide bonds. The minimum absolute atomic E-state index is 0.00376. The van der Waals surface area contributed by atoms with E-state index < -0.39 is 0 Å². The molecule has 3 nitrogen and oxygen atoms in total. The van der Waals surface area contributed by atoms with Gasteiger partial charge in [0, 0.05) is 30.8 Å². The maximum absolute atomic E-state index is 13.2. The molecule has 16 heavy (non-hydrogen) atoms. The van der Waals surface area contributed by atoms with E-state index in [4.69, 9.17) is 0 Å². The lowest BCUT2D eigenvalue weighted by molar-refractivity contribution is -0.120. The van der Waals surface area contributed by atoms with Crippen LogP contribution in [0.15, 0.2) is 18.2 Å². The van der Waals surface area contributed by atoms with Crippen molar-refractivity contribution in [3.8, 4) is 0 Å². The largest absolute Gasteiger partial charge is 0.384 e. The van der Waals surface area contributed by atoms with Crippen LogP contribution in [0.25, 0.3) is 0 Å². The molecule has 2 N–H and O–H groups in total. The van der Waals surface area contributed by atoms with Gasteiger partial charge in [0.25, 0.3) is 0 Å². The molecule has 1 aromatic rings. The van der Waals surface area contributed by atoms with Crippen LogP contribution < -0.4 is 10.6 Å². The van der Waals surface area contributed by atoms with Crippen molar-refractivity contribution in [2.75, 3.05) is 18.4 Å². The van der Waals surface area contributed by atoms with E-state index in [0.29, 0.717) is 25.1 Å². The highest BCUT2D eigenvalue weighted by atomic mass is 19.1. The summed E-state index contributed by atoms with van der Waals surface area (Å²) >= 11 is 0. The zero-order valence-corrected chi connectivity index (χ0v) is 9.64. The Bertz CT molecular complexity index is 366. The zero-order valence-electron chi connectivity index (χ0n) is 9.64. The van der Waals surface area contributed by atoms with Gasteiger partial charge in [-0.15, -0.1) is 0 Å². The molecule has 0 fully saturated rings. The lowest BCUT2D eigenvalue weighted by atomic mass is 10.2. The van der Waals surface area contributed by atoms with E-state index in [2.05, 4.69) is 10.6 Å². The van der Waals surface area contributed by atoms with Crippen LogP contribution in [0.4, 0.5) is 10.1 Å². The predicted octanol–water partition coefficient (Wildman–Crippen LogP) is 2.07. The first kappa shape index (κ1) is 12.5. The molecule has 0 bridgehead atoms. The van der Waals surface area contributed by atoms with Gasteiger partial charge in [-0.05, 0) is 26.0 Å². The average Bonchev–Trinajstić information content (AvgIpc) is 2.25. The number of anilines is 1. The summed E-state index contributed by atoms with van der Waals surface area (Å²) < 4.78 is 13.2. The molecule has 0 aromatic heterocycles. The highest BCUT2D eigenvalue weighted by molar-refractivity contribution is 5.76. The van der Waals surface area contributed by atoms with Gasteiger partial charge < -0.3 is 10.6 Å². The Kier molecular flexibility index (Phi) is 4.76. The van der Waals surface area contributed by atoms with Gasteiger partial charge in [0.2, 0.25) is 5.91 Å². The third-order valence-electron chi connectivity index (χ3n) is 2.31. The van der Waals surface area contributed by atoms with Gasteiger partial charge >= 0.3 is 0 Å². The summed E-state index contributed by atoms with van der Waals surface area (Å²) in [5.74, 6) is -0.230. The van der Waals surface area contributed by atoms with Gasteiger partial charge in [-0.2, -0.15) is 0 Å². The standard InChI is InChI=1S/C12H17FN2O/c1-3-14-12(16)7-8-15-11-6-4-5-10(13)9(11)2/h4-6,15H,3,7-8H2,1-2H3,(H,14,16). The summed E-state index contributed by atoms with van der Waals surface area (Å²) in [4.78, 5) is 11.2. The number of carbonyl (C=O) groups excluding carboxylic acids is 1. The summed E-state index contributed by atoms with van der Waals surface area (Å²) in [6, 6.07) is 4.87. The predicted molar refractivity (Wildman–Crippen MR) is 62.9 cm³/mol. The lowest BCUT2D eigenvalue weighted by Crippen LogP contribution is -2.24.